The number of hydrogen-bond acceptors (Lipinski definition) is 11. The van der Waals surface area contributed by atoms with Crippen LogP contribution >= 0.6 is 19.8 Å². The molecule has 2 fully saturated rings. The molecule has 3 aromatic rings. The predicted molar refractivity (Wildman–Crippen MR) is 147 cm³/mol. The van der Waals surface area contributed by atoms with Crippen LogP contribution in [0.2, 0.25) is 5.02 Å². The first-order valence-corrected chi connectivity index (χ1v) is 14.3. The Morgan fingerprint density at radius 2 is 2.05 bits per heavy atom. The molecule has 216 valence electrons. The van der Waals surface area contributed by atoms with Crippen LogP contribution in [-0.2, 0) is 20.9 Å². The van der Waals surface area contributed by atoms with Gasteiger partial charge in [-0.3, -0.25) is 9.09 Å². The van der Waals surface area contributed by atoms with Gasteiger partial charge in [0.05, 0.1) is 6.10 Å². The predicted octanol–water partition coefficient (Wildman–Crippen LogP) is 2.96. The third-order valence-electron chi connectivity index (χ3n) is 6.99. The van der Waals surface area contributed by atoms with Crippen LogP contribution in [0, 0.1) is 5.41 Å². The Morgan fingerprint density at radius 3 is 2.76 bits per heavy atom. The highest BCUT2D eigenvalue weighted by atomic mass is 35.5. The number of carbonyl (C=O) groups is 1. The van der Waals surface area contributed by atoms with E-state index in [1.165, 1.54) is 42.0 Å². The summed E-state index contributed by atoms with van der Waals surface area (Å²) in [4.78, 5) is 41.1. The van der Waals surface area contributed by atoms with Crippen molar-refractivity contribution in [1.29, 1.82) is 0 Å². The zero-order valence-electron chi connectivity index (χ0n) is 22.0. The van der Waals surface area contributed by atoms with Gasteiger partial charge in [0.1, 0.15) is 31.4 Å². The van der Waals surface area contributed by atoms with E-state index in [9.17, 15) is 19.6 Å². The summed E-state index contributed by atoms with van der Waals surface area (Å²) in [6.45, 7) is 1.39. The second-order valence-corrected chi connectivity index (χ2v) is 11.2. The summed E-state index contributed by atoms with van der Waals surface area (Å²) in [5, 5.41) is 11.4. The summed E-state index contributed by atoms with van der Waals surface area (Å²) in [5.41, 5.74) is 5.20. The number of rotatable bonds is 10. The zero-order valence-corrected chi connectivity index (χ0v) is 23.6. The highest BCUT2D eigenvalue weighted by Gasteiger charge is 2.64. The van der Waals surface area contributed by atoms with Crippen LogP contribution in [0.3, 0.4) is 0 Å². The van der Waals surface area contributed by atoms with E-state index in [1.807, 2.05) is 30.3 Å². The summed E-state index contributed by atoms with van der Waals surface area (Å²) in [6, 6.07) is 14.0. The maximum atomic E-state index is 12.7. The number of nitrogen functional groups attached to an aromatic ring is 1. The van der Waals surface area contributed by atoms with Crippen LogP contribution < -0.4 is 25.6 Å². The minimum Gasteiger partial charge on any atom is -0.575 e. The van der Waals surface area contributed by atoms with Crippen molar-refractivity contribution >= 4 is 31.6 Å². The molecule has 1 spiro atoms. The van der Waals surface area contributed by atoms with Gasteiger partial charge in [-0.15, -0.1) is 0 Å². The SMILES string of the molecule is C[C@H](N=[P+]([O-])Oc1ccc(Cl)cc1OC[C@H]1O[C@@H](n2ccc(N)nc2=O)C2(CC2)[C@@H]1O)C(=O)OCc1ccccc1. The molecule has 12 nitrogen and oxygen atoms in total. The Bertz CT molecular complexity index is 1500. The van der Waals surface area contributed by atoms with Gasteiger partial charge in [0.15, 0.2) is 11.8 Å². The van der Waals surface area contributed by atoms with E-state index in [0.29, 0.717) is 17.9 Å². The molecule has 1 unspecified atom stereocenters. The van der Waals surface area contributed by atoms with Gasteiger partial charge in [-0.05, 0) is 43.5 Å². The summed E-state index contributed by atoms with van der Waals surface area (Å²) in [5.74, 6) is -0.370. The van der Waals surface area contributed by atoms with Crippen LogP contribution in [-0.4, -0.2) is 45.5 Å². The Hall–Kier alpha value is -3.54. The number of nitrogens with two attached hydrogens (primary N) is 1. The molecule has 1 aliphatic heterocycles. The lowest BCUT2D eigenvalue weighted by molar-refractivity contribution is -0.169. The van der Waals surface area contributed by atoms with Crippen molar-refractivity contribution in [3.8, 4) is 11.5 Å². The third kappa shape index (κ3) is 6.52. The second kappa shape index (κ2) is 12.1. The normalized spacial score (nSPS) is 21.9. The molecular weight excluding hydrogens is 575 g/mol. The average Bonchev–Trinajstić information content (AvgIpc) is 3.71. The van der Waals surface area contributed by atoms with Gasteiger partial charge >= 0.3 is 19.8 Å². The maximum Gasteiger partial charge on any atom is 0.395 e. The number of aliphatic hydroxyl groups excluding tert-OH is 1. The summed E-state index contributed by atoms with van der Waals surface area (Å²) < 4.78 is 27.9. The van der Waals surface area contributed by atoms with Gasteiger partial charge in [0.2, 0.25) is 5.75 Å². The number of nitrogens with zero attached hydrogens (tertiary/aromatic N) is 3. The molecule has 14 heteroatoms. The Labute approximate surface area is 241 Å². The molecule has 0 radical (unpaired) electrons. The van der Waals surface area contributed by atoms with E-state index in [2.05, 4.69) is 9.73 Å². The van der Waals surface area contributed by atoms with Crippen molar-refractivity contribution in [2.45, 2.75) is 50.8 Å². The van der Waals surface area contributed by atoms with Gasteiger partial charge in [-0.2, -0.15) is 4.98 Å². The molecule has 5 atom stereocenters. The highest BCUT2D eigenvalue weighted by molar-refractivity contribution is 7.34. The van der Waals surface area contributed by atoms with Gasteiger partial charge in [0.25, 0.3) is 0 Å². The average molecular weight is 603 g/mol. The molecule has 3 N–H and O–H groups in total. The van der Waals surface area contributed by atoms with Crippen LogP contribution in [0.15, 0.2) is 70.3 Å². The molecule has 2 heterocycles. The quantitative estimate of drug-likeness (QED) is 0.260. The van der Waals surface area contributed by atoms with Crippen molar-refractivity contribution in [3.63, 3.8) is 0 Å². The van der Waals surface area contributed by atoms with Gasteiger partial charge < -0.3 is 29.9 Å². The number of hydrogen-bond donors (Lipinski definition) is 2. The van der Waals surface area contributed by atoms with E-state index in [0.717, 1.165) is 5.56 Å². The molecular formula is C27H28ClN4O8P. The maximum absolute atomic E-state index is 12.7. The van der Waals surface area contributed by atoms with Crippen LogP contribution in [0.25, 0.3) is 0 Å². The highest BCUT2D eigenvalue weighted by Crippen LogP contribution is 2.62. The number of aromatic nitrogens is 2. The fraction of sp³-hybridized carbons (Fsp3) is 0.370. The number of ether oxygens (including phenoxy) is 3. The number of esters is 1. The van der Waals surface area contributed by atoms with Crippen molar-refractivity contribution in [1.82, 2.24) is 9.55 Å². The summed E-state index contributed by atoms with van der Waals surface area (Å²) >= 11 is 6.15. The van der Waals surface area contributed by atoms with E-state index in [1.54, 1.807) is 0 Å². The largest absolute Gasteiger partial charge is 0.575 e. The monoisotopic (exact) mass is 602 g/mol. The fourth-order valence-electron chi connectivity index (χ4n) is 4.64. The summed E-state index contributed by atoms with van der Waals surface area (Å²) in [6.07, 6.45) is 0.356. The van der Waals surface area contributed by atoms with Crippen LogP contribution in [0.1, 0.15) is 31.6 Å². The van der Waals surface area contributed by atoms with Crippen molar-refractivity contribution in [2.75, 3.05) is 12.3 Å². The lowest BCUT2D eigenvalue weighted by Crippen LogP contribution is -2.34. The third-order valence-corrected chi connectivity index (χ3v) is 8.11. The van der Waals surface area contributed by atoms with E-state index < -0.39 is 49.7 Å². The van der Waals surface area contributed by atoms with Crippen molar-refractivity contribution in [3.05, 3.63) is 81.9 Å². The molecule has 1 aromatic heterocycles. The molecule has 0 bridgehead atoms. The van der Waals surface area contributed by atoms with Gasteiger partial charge in [-0.25, -0.2) is 9.59 Å². The van der Waals surface area contributed by atoms with E-state index in [-0.39, 0.29) is 30.5 Å². The molecule has 1 aliphatic carbocycles. The number of benzene rings is 2. The number of aliphatic hydroxyl groups is 1. The fourth-order valence-corrected chi connectivity index (χ4v) is 5.55. The molecule has 41 heavy (non-hydrogen) atoms. The van der Waals surface area contributed by atoms with Crippen molar-refractivity contribution in [2.24, 2.45) is 10.2 Å². The molecule has 2 aliphatic rings. The topological polar surface area (TPSA) is 171 Å². The molecule has 1 saturated heterocycles. The molecule has 0 amide bonds. The van der Waals surface area contributed by atoms with Crippen molar-refractivity contribution < 1.29 is 33.5 Å². The number of anilines is 1. The molecule has 5 rings (SSSR count). The van der Waals surface area contributed by atoms with Crippen LogP contribution in [0.4, 0.5) is 5.82 Å². The lowest BCUT2D eigenvalue weighted by Gasteiger charge is -2.20. The Morgan fingerprint density at radius 1 is 1.29 bits per heavy atom. The minimum absolute atomic E-state index is 0.0626. The first-order chi connectivity index (χ1) is 19.7. The van der Waals surface area contributed by atoms with Gasteiger partial charge in [0, 0.05) is 22.7 Å². The Balaban J connectivity index is 1.23. The lowest BCUT2D eigenvalue weighted by atomic mass is 9.96. The molecule has 1 saturated carbocycles. The smallest absolute Gasteiger partial charge is 0.395 e. The van der Waals surface area contributed by atoms with E-state index >= 15 is 0 Å². The minimum atomic E-state index is -2.68. The number of halogens is 1. The molecule has 2 aromatic carbocycles. The number of carbonyl (C=O) groups excluding carboxylic acids is 1. The first kappa shape index (κ1) is 29.0. The Kier molecular flexibility index (Phi) is 8.58. The summed E-state index contributed by atoms with van der Waals surface area (Å²) in [7, 11) is -2.68. The second-order valence-electron chi connectivity index (χ2n) is 9.86. The van der Waals surface area contributed by atoms with Gasteiger partial charge in [-0.1, -0.05) is 46.7 Å². The van der Waals surface area contributed by atoms with Crippen LogP contribution in [0.5, 0.6) is 11.5 Å². The first-order valence-electron chi connectivity index (χ1n) is 12.8. The standard InChI is InChI=1S/C27H28ClN4O8P/c1-16(24(34)38-14-17-5-3-2-4-6-17)31-41(36)40-19-8-7-18(28)13-20(19)37-15-21-23(33)27(10-11-27)25(39-21)32-12-9-22(29)30-26(32)35/h2-9,12-13,16,21,23,25,33H,10-11,14-15H2,1H3,(H2,29,30,35)/t16-,21+,23+,25+/m0/s1. The van der Waals surface area contributed by atoms with E-state index in [4.69, 9.17) is 36.1 Å². The zero-order chi connectivity index (χ0) is 29.1.